The van der Waals surface area contributed by atoms with Crippen molar-refractivity contribution in [1.29, 1.82) is 0 Å². The molecule has 31 heavy (non-hydrogen) atoms. The first kappa shape index (κ1) is 22.0. The molecule has 3 aromatic heterocycles. The maximum atomic E-state index is 13.4. The Balaban J connectivity index is 1.56. The number of aromatic nitrogens is 3. The fraction of sp³-hybridized carbons (Fsp3) is 0.455. The first-order chi connectivity index (χ1) is 15.1. The maximum absolute atomic E-state index is 13.4. The number of fused-ring (bicyclic) bond motifs is 1. The second-order valence-corrected chi connectivity index (χ2v) is 9.65. The summed E-state index contributed by atoms with van der Waals surface area (Å²) in [7, 11) is 0. The van der Waals surface area contributed by atoms with E-state index in [0.717, 1.165) is 46.8 Å². The van der Waals surface area contributed by atoms with Crippen LogP contribution in [0.3, 0.4) is 0 Å². The summed E-state index contributed by atoms with van der Waals surface area (Å²) in [5, 5.41) is 4.17. The van der Waals surface area contributed by atoms with E-state index in [1.807, 2.05) is 25.1 Å². The van der Waals surface area contributed by atoms with Gasteiger partial charge in [-0.2, -0.15) is 0 Å². The number of thiophene rings is 1. The molecule has 1 amide bonds. The lowest BCUT2D eigenvalue weighted by atomic mass is 10.1. The van der Waals surface area contributed by atoms with Crippen LogP contribution in [0.15, 0.2) is 34.3 Å². The zero-order valence-corrected chi connectivity index (χ0v) is 19.4. The zero-order valence-electron chi connectivity index (χ0n) is 17.7. The Hall–Kier alpha value is -2.23. The van der Waals surface area contributed by atoms with Gasteiger partial charge in [-0.3, -0.25) is 19.1 Å². The fourth-order valence-electron chi connectivity index (χ4n) is 3.79. The van der Waals surface area contributed by atoms with Crippen LogP contribution in [0.25, 0.3) is 10.2 Å². The van der Waals surface area contributed by atoms with Crippen molar-refractivity contribution in [2.75, 3.05) is 12.4 Å². The molecule has 1 saturated heterocycles. The highest BCUT2D eigenvalue weighted by atomic mass is 32.2. The zero-order chi connectivity index (χ0) is 21.8. The van der Waals surface area contributed by atoms with E-state index in [2.05, 4.69) is 17.2 Å². The average Bonchev–Trinajstić information content (AvgIpc) is 3.40. The molecule has 7 nitrogen and oxygen atoms in total. The number of aryl methyl sites for hydroxylation is 2. The van der Waals surface area contributed by atoms with Crippen LogP contribution in [0, 0.1) is 6.92 Å². The van der Waals surface area contributed by atoms with E-state index in [9.17, 15) is 9.59 Å². The molecular formula is C22H26N4O3S2. The van der Waals surface area contributed by atoms with Gasteiger partial charge in [0, 0.05) is 17.7 Å². The minimum Gasteiger partial charge on any atom is -0.376 e. The van der Waals surface area contributed by atoms with Gasteiger partial charge in [0.15, 0.2) is 5.16 Å². The van der Waals surface area contributed by atoms with Gasteiger partial charge in [-0.15, -0.1) is 11.3 Å². The number of ether oxygens (including phenoxy) is 1. The van der Waals surface area contributed by atoms with Crippen LogP contribution in [-0.2, 0) is 29.0 Å². The lowest BCUT2D eigenvalue weighted by Crippen LogP contribution is -2.30. The van der Waals surface area contributed by atoms with Gasteiger partial charge in [-0.05, 0) is 43.9 Å². The van der Waals surface area contributed by atoms with Crippen molar-refractivity contribution in [2.24, 2.45) is 0 Å². The van der Waals surface area contributed by atoms with Gasteiger partial charge in [0.1, 0.15) is 4.83 Å². The highest BCUT2D eigenvalue weighted by Gasteiger charge is 2.23. The number of amides is 1. The maximum Gasteiger partial charge on any atom is 0.263 e. The summed E-state index contributed by atoms with van der Waals surface area (Å²) in [5.74, 6) is 0.0617. The van der Waals surface area contributed by atoms with Gasteiger partial charge < -0.3 is 10.1 Å². The van der Waals surface area contributed by atoms with E-state index < -0.39 is 0 Å². The molecule has 164 valence electrons. The minimum atomic E-state index is -0.120. The van der Waals surface area contributed by atoms with E-state index in [-0.39, 0.29) is 23.3 Å². The van der Waals surface area contributed by atoms with Crippen molar-refractivity contribution in [3.63, 3.8) is 0 Å². The SMILES string of the molecule is CCc1c(C)sc2nc(SCC(=O)NCc3ccccn3)n(CC3CCCO3)c(=O)c12. The van der Waals surface area contributed by atoms with Crippen molar-refractivity contribution in [2.45, 2.75) is 57.5 Å². The molecule has 0 aliphatic carbocycles. The molecule has 0 spiro atoms. The van der Waals surface area contributed by atoms with Crippen molar-refractivity contribution >= 4 is 39.2 Å². The molecule has 1 atom stereocenters. The number of hydrogen-bond donors (Lipinski definition) is 1. The topological polar surface area (TPSA) is 86.1 Å². The summed E-state index contributed by atoms with van der Waals surface area (Å²) in [6.07, 6.45) is 4.45. The third-order valence-electron chi connectivity index (χ3n) is 5.37. The number of carbonyl (C=O) groups excluding carboxylic acids is 1. The van der Waals surface area contributed by atoms with Crippen molar-refractivity contribution in [3.8, 4) is 0 Å². The molecular weight excluding hydrogens is 432 g/mol. The molecule has 0 aromatic carbocycles. The smallest absolute Gasteiger partial charge is 0.263 e. The third-order valence-corrected chi connectivity index (χ3v) is 7.38. The van der Waals surface area contributed by atoms with Crippen molar-refractivity contribution in [1.82, 2.24) is 19.9 Å². The average molecular weight is 459 g/mol. The summed E-state index contributed by atoms with van der Waals surface area (Å²) in [6.45, 7) is 5.67. The fourth-order valence-corrected chi connectivity index (χ4v) is 5.79. The predicted octanol–water partition coefficient (Wildman–Crippen LogP) is 3.31. The van der Waals surface area contributed by atoms with Crippen LogP contribution in [-0.4, -0.2) is 38.9 Å². The quantitative estimate of drug-likeness (QED) is 0.412. The number of hydrogen-bond acceptors (Lipinski definition) is 7. The van der Waals surface area contributed by atoms with Gasteiger partial charge in [0.05, 0.1) is 36.0 Å². The molecule has 1 unspecified atom stereocenters. The number of nitrogens with zero attached hydrogens (tertiary/aromatic N) is 3. The summed E-state index contributed by atoms with van der Waals surface area (Å²) < 4.78 is 7.48. The highest BCUT2D eigenvalue weighted by molar-refractivity contribution is 7.99. The van der Waals surface area contributed by atoms with E-state index in [1.165, 1.54) is 11.8 Å². The first-order valence-corrected chi connectivity index (χ1v) is 12.3. The van der Waals surface area contributed by atoms with E-state index in [0.29, 0.717) is 23.6 Å². The second-order valence-electron chi connectivity index (χ2n) is 7.50. The number of rotatable bonds is 8. The molecule has 1 aliphatic heterocycles. The lowest BCUT2D eigenvalue weighted by Gasteiger charge is -2.16. The van der Waals surface area contributed by atoms with Crippen LogP contribution >= 0.6 is 23.1 Å². The summed E-state index contributed by atoms with van der Waals surface area (Å²) in [5.41, 5.74) is 1.85. The number of thioether (sulfide) groups is 1. The molecule has 0 bridgehead atoms. The monoisotopic (exact) mass is 458 g/mol. The van der Waals surface area contributed by atoms with Crippen molar-refractivity contribution in [3.05, 3.63) is 50.9 Å². The molecule has 1 N–H and O–H groups in total. The molecule has 0 radical (unpaired) electrons. The molecule has 3 aromatic rings. The lowest BCUT2D eigenvalue weighted by molar-refractivity contribution is -0.118. The Morgan fingerprint density at radius 3 is 3.00 bits per heavy atom. The second kappa shape index (κ2) is 9.93. The minimum absolute atomic E-state index is 0.0130. The molecule has 1 fully saturated rings. The normalized spacial score (nSPS) is 16.1. The van der Waals surface area contributed by atoms with Crippen LogP contribution < -0.4 is 10.9 Å². The van der Waals surface area contributed by atoms with Crippen molar-refractivity contribution < 1.29 is 9.53 Å². The highest BCUT2D eigenvalue weighted by Crippen LogP contribution is 2.30. The van der Waals surface area contributed by atoms with Crippen LogP contribution in [0.4, 0.5) is 0 Å². The number of nitrogens with one attached hydrogen (secondary N) is 1. The van der Waals surface area contributed by atoms with Gasteiger partial charge >= 0.3 is 0 Å². The first-order valence-electron chi connectivity index (χ1n) is 10.5. The van der Waals surface area contributed by atoms with E-state index in [1.54, 1.807) is 22.1 Å². The third kappa shape index (κ3) is 4.99. The molecule has 0 saturated carbocycles. The van der Waals surface area contributed by atoms with Crippen LogP contribution in [0.1, 0.15) is 35.9 Å². The standard InChI is InChI=1S/C22H26N4O3S2/c1-3-17-14(2)31-20-19(17)21(28)26(12-16-8-6-10-29-16)22(25-20)30-13-18(27)24-11-15-7-4-5-9-23-15/h4-5,7,9,16H,3,6,8,10-13H2,1-2H3,(H,24,27). The molecule has 4 rings (SSSR count). The molecule has 9 heteroatoms. The van der Waals surface area contributed by atoms with Gasteiger partial charge in [0.2, 0.25) is 5.91 Å². The Labute approximate surface area is 189 Å². The van der Waals surface area contributed by atoms with E-state index in [4.69, 9.17) is 9.72 Å². The summed E-state index contributed by atoms with van der Waals surface area (Å²) in [6, 6.07) is 5.60. The summed E-state index contributed by atoms with van der Waals surface area (Å²) >= 11 is 2.84. The largest absolute Gasteiger partial charge is 0.376 e. The predicted molar refractivity (Wildman–Crippen MR) is 124 cm³/mol. The molecule has 4 heterocycles. The summed E-state index contributed by atoms with van der Waals surface area (Å²) in [4.78, 5) is 36.7. The Bertz CT molecular complexity index is 1120. The van der Waals surface area contributed by atoms with Crippen LogP contribution in [0.2, 0.25) is 0 Å². The Morgan fingerprint density at radius 1 is 1.42 bits per heavy atom. The van der Waals surface area contributed by atoms with Gasteiger partial charge in [-0.1, -0.05) is 24.8 Å². The number of carbonyl (C=O) groups is 1. The van der Waals surface area contributed by atoms with Crippen LogP contribution in [0.5, 0.6) is 0 Å². The molecule has 1 aliphatic rings. The number of pyridine rings is 1. The van der Waals surface area contributed by atoms with Gasteiger partial charge in [0.25, 0.3) is 5.56 Å². The van der Waals surface area contributed by atoms with Gasteiger partial charge in [-0.25, -0.2) is 4.98 Å². The Kier molecular flexibility index (Phi) is 7.04. The Morgan fingerprint density at radius 2 is 2.29 bits per heavy atom. The van der Waals surface area contributed by atoms with E-state index >= 15 is 0 Å².